The van der Waals surface area contributed by atoms with Gasteiger partial charge in [0, 0.05) is 11.1 Å². The quantitative estimate of drug-likeness (QED) is 0.627. The standard InChI is InChI=1S/C20H18N2O4S/c1-12(2)17-11-27-18(22-17)7-6-13-4-3-5-14(8-13)21-19(23)15-9-26-10-16(15)20(24)25/h3-12H,1-2H3,(H,21,23)(H,24,25)/b7-6+. The molecule has 0 spiro atoms. The Morgan fingerprint density at radius 1 is 1.22 bits per heavy atom. The summed E-state index contributed by atoms with van der Waals surface area (Å²) in [6.45, 7) is 4.20. The second kappa shape index (κ2) is 8.01. The summed E-state index contributed by atoms with van der Waals surface area (Å²) in [6, 6.07) is 7.25. The van der Waals surface area contributed by atoms with Crippen LogP contribution in [0.25, 0.3) is 12.2 Å². The van der Waals surface area contributed by atoms with Gasteiger partial charge in [0.25, 0.3) is 5.91 Å². The van der Waals surface area contributed by atoms with Gasteiger partial charge in [0.05, 0.1) is 11.3 Å². The average Bonchev–Trinajstić information content (AvgIpc) is 3.30. The number of aromatic carboxylic acids is 1. The largest absolute Gasteiger partial charge is 0.478 e. The molecule has 0 aliphatic heterocycles. The van der Waals surface area contributed by atoms with Gasteiger partial charge in [-0.05, 0) is 29.7 Å². The van der Waals surface area contributed by atoms with E-state index in [1.807, 2.05) is 29.7 Å². The van der Waals surface area contributed by atoms with Gasteiger partial charge in [0.2, 0.25) is 0 Å². The third kappa shape index (κ3) is 4.51. The van der Waals surface area contributed by atoms with Crippen LogP contribution in [0, 0.1) is 0 Å². The number of anilines is 1. The summed E-state index contributed by atoms with van der Waals surface area (Å²) in [5.41, 5.74) is 2.32. The Kier molecular flexibility index (Phi) is 5.52. The SMILES string of the molecule is CC(C)c1csc(/C=C/c2cccc(NC(=O)c3cocc3C(=O)O)c2)n1. The lowest BCUT2D eigenvalue weighted by Gasteiger charge is -2.05. The molecule has 3 rings (SSSR count). The van der Waals surface area contributed by atoms with Crippen molar-refractivity contribution in [1.29, 1.82) is 0 Å². The Balaban J connectivity index is 1.73. The van der Waals surface area contributed by atoms with Crippen LogP contribution in [-0.4, -0.2) is 22.0 Å². The fraction of sp³-hybridized carbons (Fsp3) is 0.150. The maximum atomic E-state index is 12.3. The molecular formula is C20H18N2O4S. The molecule has 6 nitrogen and oxygen atoms in total. The summed E-state index contributed by atoms with van der Waals surface area (Å²) >= 11 is 1.58. The number of nitrogens with zero attached hydrogens (tertiary/aromatic N) is 1. The van der Waals surface area contributed by atoms with E-state index in [0.717, 1.165) is 28.8 Å². The molecule has 0 bridgehead atoms. The van der Waals surface area contributed by atoms with Crippen LogP contribution in [0.1, 0.15) is 56.7 Å². The number of amides is 1. The third-order valence-corrected chi connectivity index (χ3v) is 4.66. The van der Waals surface area contributed by atoms with E-state index in [4.69, 9.17) is 9.52 Å². The normalized spacial score (nSPS) is 11.2. The van der Waals surface area contributed by atoms with E-state index < -0.39 is 11.9 Å². The zero-order valence-corrected chi connectivity index (χ0v) is 15.6. The van der Waals surface area contributed by atoms with Crippen LogP contribution < -0.4 is 5.32 Å². The minimum absolute atomic E-state index is 0.0209. The van der Waals surface area contributed by atoms with Crippen LogP contribution in [0.15, 0.2) is 46.6 Å². The number of thiazole rings is 1. The topological polar surface area (TPSA) is 92.4 Å². The molecule has 0 saturated heterocycles. The molecule has 0 atom stereocenters. The number of carbonyl (C=O) groups is 2. The predicted molar refractivity (Wildman–Crippen MR) is 105 cm³/mol. The number of furan rings is 1. The lowest BCUT2D eigenvalue weighted by Crippen LogP contribution is -2.14. The van der Waals surface area contributed by atoms with Gasteiger partial charge in [-0.25, -0.2) is 9.78 Å². The first-order valence-corrected chi connectivity index (χ1v) is 9.16. The van der Waals surface area contributed by atoms with Gasteiger partial charge in [0.15, 0.2) is 0 Å². The van der Waals surface area contributed by atoms with Crippen LogP contribution in [-0.2, 0) is 0 Å². The minimum atomic E-state index is -1.21. The number of carboxylic acids is 1. The number of benzene rings is 1. The van der Waals surface area contributed by atoms with E-state index in [-0.39, 0.29) is 11.1 Å². The summed E-state index contributed by atoms with van der Waals surface area (Å²) in [5.74, 6) is -1.36. The Hall–Kier alpha value is -3.19. The highest BCUT2D eigenvalue weighted by molar-refractivity contribution is 7.10. The number of hydrogen-bond donors (Lipinski definition) is 2. The molecule has 7 heteroatoms. The maximum Gasteiger partial charge on any atom is 0.339 e. The maximum absolute atomic E-state index is 12.3. The van der Waals surface area contributed by atoms with Crippen molar-refractivity contribution in [3.8, 4) is 0 Å². The van der Waals surface area contributed by atoms with Crippen molar-refractivity contribution in [3.05, 3.63) is 69.6 Å². The Morgan fingerprint density at radius 2 is 2.00 bits per heavy atom. The highest BCUT2D eigenvalue weighted by Gasteiger charge is 2.19. The van der Waals surface area contributed by atoms with Crippen LogP contribution in [0.4, 0.5) is 5.69 Å². The molecule has 3 aromatic rings. The summed E-state index contributed by atoms with van der Waals surface area (Å²) in [5, 5.41) is 14.7. The van der Waals surface area contributed by atoms with E-state index in [1.165, 1.54) is 0 Å². The molecule has 0 saturated carbocycles. The number of nitrogens with one attached hydrogen (secondary N) is 1. The molecule has 1 amide bonds. The van der Waals surface area contributed by atoms with Crippen molar-refractivity contribution < 1.29 is 19.1 Å². The van der Waals surface area contributed by atoms with Gasteiger partial charge in [-0.15, -0.1) is 11.3 Å². The number of hydrogen-bond acceptors (Lipinski definition) is 5. The fourth-order valence-corrected chi connectivity index (χ4v) is 3.24. The lowest BCUT2D eigenvalue weighted by atomic mass is 10.1. The summed E-state index contributed by atoms with van der Waals surface area (Å²) in [6.07, 6.45) is 6.00. The zero-order valence-electron chi connectivity index (χ0n) is 14.8. The molecule has 1 aromatic carbocycles. The molecule has 0 unspecified atom stereocenters. The minimum Gasteiger partial charge on any atom is -0.478 e. The van der Waals surface area contributed by atoms with Gasteiger partial charge in [0.1, 0.15) is 23.1 Å². The summed E-state index contributed by atoms with van der Waals surface area (Å²) in [4.78, 5) is 28.0. The lowest BCUT2D eigenvalue weighted by molar-refractivity contribution is 0.0692. The first kappa shape index (κ1) is 18.6. The van der Waals surface area contributed by atoms with Crippen LogP contribution >= 0.6 is 11.3 Å². The molecule has 0 aliphatic carbocycles. The fourth-order valence-electron chi connectivity index (χ4n) is 2.37. The van der Waals surface area contributed by atoms with Gasteiger partial charge < -0.3 is 14.8 Å². The van der Waals surface area contributed by atoms with Crippen molar-refractivity contribution in [1.82, 2.24) is 4.98 Å². The molecule has 138 valence electrons. The van der Waals surface area contributed by atoms with Crippen molar-refractivity contribution in [2.75, 3.05) is 5.32 Å². The van der Waals surface area contributed by atoms with Crippen molar-refractivity contribution >= 4 is 41.1 Å². The molecule has 2 heterocycles. The number of carboxylic acid groups (broad SMARTS) is 1. The molecule has 2 aromatic heterocycles. The Bertz CT molecular complexity index is 1000. The van der Waals surface area contributed by atoms with E-state index in [9.17, 15) is 9.59 Å². The molecule has 27 heavy (non-hydrogen) atoms. The number of carbonyl (C=O) groups excluding carboxylic acids is 1. The van der Waals surface area contributed by atoms with Gasteiger partial charge in [-0.2, -0.15) is 0 Å². The molecule has 2 N–H and O–H groups in total. The van der Waals surface area contributed by atoms with E-state index in [1.54, 1.807) is 23.5 Å². The first-order valence-electron chi connectivity index (χ1n) is 8.28. The average molecular weight is 382 g/mol. The predicted octanol–water partition coefficient (Wildman–Crippen LogP) is 4.98. The van der Waals surface area contributed by atoms with Crippen molar-refractivity contribution in [2.24, 2.45) is 0 Å². The highest BCUT2D eigenvalue weighted by atomic mass is 32.1. The Morgan fingerprint density at radius 3 is 2.70 bits per heavy atom. The molecule has 0 fully saturated rings. The van der Waals surface area contributed by atoms with Crippen molar-refractivity contribution in [3.63, 3.8) is 0 Å². The zero-order chi connectivity index (χ0) is 19.4. The molecular weight excluding hydrogens is 364 g/mol. The number of aromatic nitrogens is 1. The van der Waals surface area contributed by atoms with E-state index in [2.05, 4.69) is 24.1 Å². The molecule has 0 aliphatic rings. The summed E-state index contributed by atoms with van der Waals surface area (Å²) < 4.78 is 4.84. The van der Waals surface area contributed by atoms with Crippen LogP contribution in [0.3, 0.4) is 0 Å². The molecule has 0 radical (unpaired) electrons. The Labute approximate surface area is 160 Å². The van der Waals surface area contributed by atoms with E-state index >= 15 is 0 Å². The van der Waals surface area contributed by atoms with Crippen molar-refractivity contribution in [2.45, 2.75) is 19.8 Å². The monoisotopic (exact) mass is 382 g/mol. The number of rotatable bonds is 6. The van der Waals surface area contributed by atoms with E-state index in [0.29, 0.717) is 11.6 Å². The van der Waals surface area contributed by atoms with Gasteiger partial charge >= 0.3 is 5.97 Å². The second-order valence-electron chi connectivity index (χ2n) is 6.18. The smallest absolute Gasteiger partial charge is 0.339 e. The van der Waals surface area contributed by atoms with Gasteiger partial charge in [-0.1, -0.05) is 32.1 Å². The van der Waals surface area contributed by atoms with Crippen LogP contribution in [0.5, 0.6) is 0 Å². The summed E-state index contributed by atoms with van der Waals surface area (Å²) in [7, 11) is 0. The first-order chi connectivity index (χ1) is 12.9. The second-order valence-corrected chi connectivity index (χ2v) is 7.07. The van der Waals surface area contributed by atoms with Gasteiger partial charge in [-0.3, -0.25) is 4.79 Å². The third-order valence-electron chi connectivity index (χ3n) is 3.83. The van der Waals surface area contributed by atoms with Crippen LogP contribution in [0.2, 0.25) is 0 Å². The highest BCUT2D eigenvalue weighted by Crippen LogP contribution is 2.21.